The number of carbonyl (C=O) groups is 1. The SMILES string of the molecule is CCOC(=O)c1nc(Nc2cc(OC)ccc2OC)c2c3c(sc2n1)CCCC3. The van der Waals surface area contributed by atoms with Crippen molar-refractivity contribution < 1.29 is 19.0 Å². The maximum Gasteiger partial charge on any atom is 0.376 e. The topological polar surface area (TPSA) is 82.6 Å². The van der Waals surface area contributed by atoms with E-state index in [0.717, 1.165) is 29.5 Å². The van der Waals surface area contributed by atoms with Crippen LogP contribution in [0.1, 0.15) is 40.8 Å². The first-order valence-corrected chi connectivity index (χ1v) is 10.4. The highest BCUT2D eigenvalue weighted by Crippen LogP contribution is 2.40. The lowest BCUT2D eigenvalue weighted by atomic mass is 9.97. The van der Waals surface area contributed by atoms with Gasteiger partial charge in [0, 0.05) is 10.9 Å². The summed E-state index contributed by atoms with van der Waals surface area (Å²) >= 11 is 1.64. The van der Waals surface area contributed by atoms with Crippen LogP contribution in [0, 0.1) is 0 Å². The summed E-state index contributed by atoms with van der Waals surface area (Å²) in [5.41, 5.74) is 1.98. The molecule has 7 nitrogen and oxygen atoms in total. The van der Waals surface area contributed by atoms with Crippen molar-refractivity contribution in [2.24, 2.45) is 0 Å². The predicted molar refractivity (Wildman–Crippen MR) is 113 cm³/mol. The molecule has 0 saturated carbocycles. The fraction of sp³-hybridized carbons (Fsp3) is 0.381. The number of anilines is 2. The lowest BCUT2D eigenvalue weighted by Gasteiger charge is -2.15. The van der Waals surface area contributed by atoms with Gasteiger partial charge >= 0.3 is 5.97 Å². The minimum Gasteiger partial charge on any atom is -0.497 e. The molecule has 2 heterocycles. The van der Waals surface area contributed by atoms with E-state index in [2.05, 4.69) is 15.3 Å². The number of ether oxygens (including phenoxy) is 3. The molecule has 4 rings (SSSR count). The van der Waals surface area contributed by atoms with Crippen LogP contribution in [0.2, 0.25) is 0 Å². The summed E-state index contributed by atoms with van der Waals surface area (Å²) in [4.78, 5) is 23.5. The second-order valence-corrected chi connectivity index (χ2v) is 7.78. The number of carbonyl (C=O) groups excluding carboxylic acids is 1. The van der Waals surface area contributed by atoms with Crippen LogP contribution in [0.15, 0.2) is 18.2 Å². The summed E-state index contributed by atoms with van der Waals surface area (Å²) in [7, 11) is 3.22. The molecule has 3 aromatic rings. The highest BCUT2D eigenvalue weighted by molar-refractivity contribution is 7.19. The number of nitrogens with zero attached hydrogens (tertiary/aromatic N) is 2. The number of hydrogen-bond acceptors (Lipinski definition) is 8. The quantitative estimate of drug-likeness (QED) is 0.596. The van der Waals surface area contributed by atoms with Crippen LogP contribution in [0.3, 0.4) is 0 Å². The van der Waals surface area contributed by atoms with Gasteiger partial charge in [-0.25, -0.2) is 14.8 Å². The van der Waals surface area contributed by atoms with Crippen molar-refractivity contribution in [2.75, 3.05) is 26.1 Å². The molecule has 0 radical (unpaired) electrons. The van der Waals surface area contributed by atoms with Gasteiger partial charge < -0.3 is 19.5 Å². The highest BCUT2D eigenvalue weighted by atomic mass is 32.1. The summed E-state index contributed by atoms with van der Waals surface area (Å²) in [6.07, 6.45) is 4.33. The van der Waals surface area contributed by atoms with Crippen molar-refractivity contribution in [3.05, 3.63) is 34.5 Å². The van der Waals surface area contributed by atoms with E-state index in [9.17, 15) is 4.79 Å². The second-order valence-electron chi connectivity index (χ2n) is 6.70. The Morgan fingerprint density at radius 3 is 2.76 bits per heavy atom. The van der Waals surface area contributed by atoms with Crippen LogP contribution in [-0.2, 0) is 17.6 Å². The molecule has 1 aromatic carbocycles. The summed E-state index contributed by atoms with van der Waals surface area (Å²) in [6.45, 7) is 2.04. The number of nitrogens with one attached hydrogen (secondary N) is 1. The van der Waals surface area contributed by atoms with Gasteiger partial charge in [-0.1, -0.05) is 0 Å². The third-order valence-corrected chi connectivity index (χ3v) is 6.12. The molecule has 1 N–H and O–H groups in total. The minimum atomic E-state index is -0.526. The van der Waals surface area contributed by atoms with Crippen LogP contribution >= 0.6 is 11.3 Å². The molecule has 152 valence electrons. The van der Waals surface area contributed by atoms with Gasteiger partial charge in [-0.3, -0.25) is 0 Å². The van der Waals surface area contributed by atoms with E-state index >= 15 is 0 Å². The number of thiophene rings is 1. The average Bonchev–Trinajstić information content (AvgIpc) is 3.12. The Labute approximate surface area is 173 Å². The summed E-state index contributed by atoms with van der Waals surface area (Å²) in [6, 6.07) is 5.50. The van der Waals surface area contributed by atoms with E-state index < -0.39 is 5.97 Å². The van der Waals surface area contributed by atoms with E-state index in [1.165, 1.54) is 16.9 Å². The molecule has 0 atom stereocenters. The Balaban J connectivity index is 1.87. The number of esters is 1. The molecule has 0 spiro atoms. The fourth-order valence-electron chi connectivity index (χ4n) is 3.57. The number of aromatic nitrogens is 2. The van der Waals surface area contributed by atoms with Crippen LogP contribution in [-0.4, -0.2) is 36.8 Å². The Hall–Kier alpha value is -2.87. The van der Waals surface area contributed by atoms with Gasteiger partial charge in [0.1, 0.15) is 22.1 Å². The van der Waals surface area contributed by atoms with Gasteiger partial charge in [-0.05, 0) is 50.3 Å². The standard InChI is InChI=1S/C21H23N3O4S/c1-4-28-21(25)19-23-18(22-14-11-12(26-2)9-10-15(14)27-3)17-13-7-5-6-8-16(13)29-20(17)24-19/h9-11H,4-8H2,1-3H3,(H,22,23,24). The van der Waals surface area contributed by atoms with Crippen molar-refractivity contribution >= 4 is 39.0 Å². The van der Waals surface area contributed by atoms with Gasteiger partial charge in [0.05, 0.1) is 31.9 Å². The zero-order chi connectivity index (χ0) is 20.4. The molecule has 1 aliphatic rings. The van der Waals surface area contributed by atoms with Crippen LogP contribution in [0.25, 0.3) is 10.2 Å². The summed E-state index contributed by atoms with van der Waals surface area (Å²) in [5, 5.41) is 4.33. The van der Waals surface area contributed by atoms with E-state index in [4.69, 9.17) is 14.2 Å². The third-order valence-electron chi connectivity index (χ3n) is 4.93. The number of aryl methyl sites for hydroxylation is 2. The minimum absolute atomic E-state index is 0.0577. The molecular weight excluding hydrogens is 390 g/mol. The van der Waals surface area contributed by atoms with Crippen molar-refractivity contribution in [2.45, 2.75) is 32.6 Å². The molecule has 0 saturated heterocycles. The molecule has 2 aromatic heterocycles. The van der Waals surface area contributed by atoms with Gasteiger partial charge in [0.2, 0.25) is 5.82 Å². The van der Waals surface area contributed by atoms with Gasteiger partial charge in [0.25, 0.3) is 0 Å². The maximum absolute atomic E-state index is 12.3. The van der Waals surface area contributed by atoms with Crippen molar-refractivity contribution in [1.82, 2.24) is 9.97 Å². The predicted octanol–water partition coefficient (Wildman–Crippen LogP) is 4.51. The Morgan fingerprint density at radius 2 is 2.00 bits per heavy atom. The average molecular weight is 413 g/mol. The normalized spacial score (nSPS) is 13.1. The Kier molecular flexibility index (Phi) is 5.53. The Morgan fingerprint density at radius 1 is 1.17 bits per heavy atom. The molecule has 0 unspecified atom stereocenters. The maximum atomic E-state index is 12.3. The third kappa shape index (κ3) is 3.72. The Bertz CT molecular complexity index is 1060. The number of hydrogen-bond donors (Lipinski definition) is 1. The molecular formula is C21H23N3O4S. The zero-order valence-corrected chi connectivity index (χ0v) is 17.5. The molecule has 0 fully saturated rings. The van der Waals surface area contributed by atoms with E-state index in [-0.39, 0.29) is 12.4 Å². The largest absolute Gasteiger partial charge is 0.497 e. The van der Waals surface area contributed by atoms with Crippen LogP contribution in [0.4, 0.5) is 11.5 Å². The summed E-state index contributed by atoms with van der Waals surface area (Å²) in [5.74, 6) is 1.46. The smallest absolute Gasteiger partial charge is 0.376 e. The van der Waals surface area contributed by atoms with Crippen LogP contribution in [0.5, 0.6) is 11.5 Å². The van der Waals surface area contributed by atoms with Crippen molar-refractivity contribution in [3.63, 3.8) is 0 Å². The highest BCUT2D eigenvalue weighted by Gasteiger charge is 2.24. The molecule has 0 aliphatic heterocycles. The first-order chi connectivity index (χ1) is 14.1. The lowest BCUT2D eigenvalue weighted by molar-refractivity contribution is 0.0512. The zero-order valence-electron chi connectivity index (χ0n) is 16.7. The van der Waals surface area contributed by atoms with Gasteiger partial charge in [-0.15, -0.1) is 11.3 Å². The van der Waals surface area contributed by atoms with E-state index in [0.29, 0.717) is 23.0 Å². The monoisotopic (exact) mass is 413 g/mol. The van der Waals surface area contributed by atoms with Gasteiger partial charge in [0.15, 0.2) is 0 Å². The molecule has 29 heavy (non-hydrogen) atoms. The first kappa shape index (κ1) is 19.4. The first-order valence-electron chi connectivity index (χ1n) is 9.63. The van der Waals surface area contributed by atoms with Crippen molar-refractivity contribution in [1.29, 1.82) is 0 Å². The molecule has 1 aliphatic carbocycles. The van der Waals surface area contributed by atoms with E-state index in [1.54, 1.807) is 32.5 Å². The number of rotatable bonds is 6. The molecule has 0 amide bonds. The lowest BCUT2D eigenvalue weighted by Crippen LogP contribution is -2.11. The second kappa shape index (κ2) is 8.24. The fourth-order valence-corrected chi connectivity index (χ4v) is 4.84. The number of fused-ring (bicyclic) bond motifs is 3. The van der Waals surface area contributed by atoms with Gasteiger partial charge in [-0.2, -0.15) is 0 Å². The van der Waals surface area contributed by atoms with Crippen molar-refractivity contribution in [3.8, 4) is 11.5 Å². The van der Waals surface area contributed by atoms with E-state index in [1.807, 2.05) is 18.2 Å². The number of methoxy groups -OCH3 is 2. The summed E-state index contributed by atoms with van der Waals surface area (Å²) < 4.78 is 16.0. The number of benzene rings is 1. The van der Waals surface area contributed by atoms with Crippen LogP contribution < -0.4 is 14.8 Å². The molecule has 0 bridgehead atoms. The molecule has 8 heteroatoms.